The molecule has 0 aliphatic rings. The molecule has 0 rings (SSSR count). The average Bonchev–Trinajstić information content (AvgIpc) is 3.44. The van der Waals surface area contributed by atoms with Crippen molar-refractivity contribution in [2.24, 2.45) is 0 Å². The van der Waals surface area contributed by atoms with E-state index in [1.165, 1.54) is 244 Å². The minimum absolute atomic E-state index is 0.0709. The number of unbranched alkanes of at least 4 members (excludes halogenated alkanes) is 45. The number of esters is 3. The minimum Gasteiger partial charge on any atom is -0.462 e. The molecule has 6 heteroatoms. The molecule has 78 heavy (non-hydrogen) atoms. The summed E-state index contributed by atoms with van der Waals surface area (Å²) >= 11 is 0. The van der Waals surface area contributed by atoms with Crippen LogP contribution in [0.2, 0.25) is 0 Å². The van der Waals surface area contributed by atoms with Gasteiger partial charge in [0.2, 0.25) is 0 Å². The fourth-order valence-corrected chi connectivity index (χ4v) is 10.4. The Morgan fingerprint density at radius 2 is 0.500 bits per heavy atom. The number of carbonyl (C=O) groups excluding carboxylic acids is 3. The molecule has 1 atom stereocenters. The number of rotatable bonds is 64. The molecule has 456 valence electrons. The van der Waals surface area contributed by atoms with E-state index in [9.17, 15) is 14.4 Å². The van der Waals surface area contributed by atoms with E-state index in [-0.39, 0.29) is 31.1 Å². The van der Waals surface area contributed by atoms with Crippen LogP contribution in [-0.2, 0) is 28.6 Å². The molecule has 6 nitrogen and oxygen atoms in total. The molecule has 0 N–H and O–H groups in total. The highest BCUT2D eigenvalue weighted by Gasteiger charge is 2.19. The van der Waals surface area contributed by atoms with Gasteiger partial charge in [0.15, 0.2) is 6.10 Å². The first-order valence-corrected chi connectivity index (χ1v) is 34.6. The smallest absolute Gasteiger partial charge is 0.306 e. The summed E-state index contributed by atoms with van der Waals surface area (Å²) in [6.07, 6.45) is 84.1. The molecule has 0 aliphatic carbocycles. The van der Waals surface area contributed by atoms with Crippen LogP contribution in [0.1, 0.15) is 374 Å². The molecule has 0 heterocycles. The SMILES string of the molecule is CC/C=C\C/C=C\C/C=C\C/C=C\CCCCCCCCCCC(=O)OC(COC(=O)CCCCCCCCCCCCCCCCCCC)COC(=O)CCCCCCCCCCCCCCCCCCCCCCCC. The van der Waals surface area contributed by atoms with E-state index >= 15 is 0 Å². The van der Waals surface area contributed by atoms with E-state index < -0.39 is 6.10 Å². The van der Waals surface area contributed by atoms with Gasteiger partial charge < -0.3 is 14.2 Å². The van der Waals surface area contributed by atoms with Crippen LogP contribution in [0, 0.1) is 0 Å². The zero-order valence-corrected chi connectivity index (χ0v) is 52.5. The number of ether oxygens (including phenoxy) is 3. The summed E-state index contributed by atoms with van der Waals surface area (Å²) < 4.78 is 17.0. The van der Waals surface area contributed by atoms with Gasteiger partial charge in [-0.15, -0.1) is 0 Å². The summed E-state index contributed by atoms with van der Waals surface area (Å²) in [6.45, 7) is 6.60. The molecular formula is C72H132O6. The van der Waals surface area contributed by atoms with Crippen molar-refractivity contribution in [3.8, 4) is 0 Å². The van der Waals surface area contributed by atoms with Crippen LogP contribution in [-0.4, -0.2) is 37.2 Å². The first-order chi connectivity index (χ1) is 38.5. The summed E-state index contributed by atoms with van der Waals surface area (Å²) in [7, 11) is 0. The fourth-order valence-electron chi connectivity index (χ4n) is 10.4. The van der Waals surface area contributed by atoms with Crippen LogP contribution < -0.4 is 0 Å². The Labute approximate surface area is 486 Å². The lowest BCUT2D eigenvalue weighted by Crippen LogP contribution is -2.30. The maximum Gasteiger partial charge on any atom is 0.306 e. The largest absolute Gasteiger partial charge is 0.462 e. The third-order valence-corrected chi connectivity index (χ3v) is 15.6. The maximum atomic E-state index is 13.0. The van der Waals surface area contributed by atoms with Crippen LogP contribution in [0.5, 0.6) is 0 Å². The molecule has 1 unspecified atom stereocenters. The van der Waals surface area contributed by atoms with Gasteiger partial charge in [0, 0.05) is 19.3 Å². The van der Waals surface area contributed by atoms with Crippen molar-refractivity contribution in [1.82, 2.24) is 0 Å². The summed E-state index contributed by atoms with van der Waals surface area (Å²) in [5, 5.41) is 0. The Morgan fingerprint density at radius 1 is 0.269 bits per heavy atom. The van der Waals surface area contributed by atoms with E-state index in [4.69, 9.17) is 14.2 Å². The monoisotopic (exact) mass is 1090 g/mol. The van der Waals surface area contributed by atoms with Crippen molar-refractivity contribution in [3.05, 3.63) is 48.6 Å². The van der Waals surface area contributed by atoms with E-state index in [1.807, 2.05) is 0 Å². The first-order valence-electron chi connectivity index (χ1n) is 34.6. The van der Waals surface area contributed by atoms with Gasteiger partial charge in [-0.25, -0.2) is 0 Å². The summed E-state index contributed by atoms with van der Waals surface area (Å²) in [5.41, 5.74) is 0. The highest BCUT2D eigenvalue weighted by Crippen LogP contribution is 2.18. The molecule has 0 aromatic heterocycles. The molecular weight excluding hydrogens is 961 g/mol. The van der Waals surface area contributed by atoms with E-state index in [0.29, 0.717) is 19.3 Å². The predicted molar refractivity (Wildman–Crippen MR) is 339 cm³/mol. The topological polar surface area (TPSA) is 78.9 Å². The summed E-state index contributed by atoms with van der Waals surface area (Å²) in [4.78, 5) is 38.5. The maximum absolute atomic E-state index is 13.0. The molecule has 0 saturated heterocycles. The van der Waals surface area contributed by atoms with E-state index in [0.717, 1.165) is 89.9 Å². The highest BCUT2D eigenvalue weighted by molar-refractivity contribution is 5.71. The Kier molecular flexibility index (Phi) is 64.6. The third kappa shape index (κ3) is 64.2. The second-order valence-electron chi connectivity index (χ2n) is 23.4. The summed E-state index contributed by atoms with van der Waals surface area (Å²) in [6, 6.07) is 0. The van der Waals surface area contributed by atoms with E-state index in [2.05, 4.69) is 69.4 Å². The minimum atomic E-state index is -0.776. The fraction of sp³-hybridized carbons (Fsp3) is 0.847. The third-order valence-electron chi connectivity index (χ3n) is 15.6. The molecule has 0 bridgehead atoms. The quantitative estimate of drug-likeness (QED) is 0.0261. The zero-order chi connectivity index (χ0) is 56.4. The predicted octanol–water partition coefficient (Wildman–Crippen LogP) is 23.7. The van der Waals surface area contributed by atoms with Crippen molar-refractivity contribution in [1.29, 1.82) is 0 Å². The van der Waals surface area contributed by atoms with Crippen LogP contribution in [0.25, 0.3) is 0 Å². The van der Waals surface area contributed by atoms with Crippen LogP contribution in [0.3, 0.4) is 0 Å². The number of hydrogen-bond acceptors (Lipinski definition) is 6. The second kappa shape index (κ2) is 66.9. The summed E-state index contributed by atoms with van der Waals surface area (Å²) in [5.74, 6) is -0.850. The van der Waals surface area contributed by atoms with Gasteiger partial charge in [-0.3, -0.25) is 14.4 Å². The van der Waals surface area contributed by atoms with Crippen LogP contribution in [0.15, 0.2) is 48.6 Å². The van der Waals surface area contributed by atoms with Gasteiger partial charge in [-0.1, -0.05) is 345 Å². The number of hydrogen-bond donors (Lipinski definition) is 0. The Bertz CT molecular complexity index is 1350. The first kappa shape index (κ1) is 75.4. The lowest BCUT2D eigenvalue weighted by atomic mass is 10.0. The Balaban J connectivity index is 4.32. The molecule has 0 aromatic rings. The number of carbonyl (C=O) groups is 3. The molecule has 0 radical (unpaired) electrons. The number of allylic oxidation sites excluding steroid dienone is 8. The van der Waals surface area contributed by atoms with Gasteiger partial charge in [-0.05, 0) is 57.8 Å². The van der Waals surface area contributed by atoms with Crippen LogP contribution in [0.4, 0.5) is 0 Å². The average molecular weight is 1090 g/mol. The molecule has 0 saturated carbocycles. The normalized spacial score (nSPS) is 12.3. The second-order valence-corrected chi connectivity index (χ2v) is 23.4. The van der Waals surface area contributed by atoms with Crippen LogP contribution >= 0.6 is 0 Å². The zero-order valence-electron chi connectivity index (χ0n) is 52.5. The van der Waals surface area contributed by atoms with Gasteiger partial charge >= 0.3 is 17.9 Å². The standard InChI is InChI=1S/C72H132O6/c1-4-7-10-13-16-19-22-25-28-31-33-35-37-38-41-44-47-50-53-56-59-62-65-71(74)77-68-69(67-76-70(73)64-61-58-55-52-49-46-43-40-30-27-24-21-18-15-12-9-6-3)78-72(75)66-63-60-57-54-51-48-45-42-39-36-34-32-29-26-23-20-17-14-11-8-5-2/h8,11,17,20,26,29,34,36,69H,4-7,9-10,12-16,18-19,21-25,27-28,30-33,35,37-68H2,1-3H3/b11-8-,20-17-,29-26-,36-34-. The molecule has 0 amide bonds. The lowest BCUT2D eigenvalue weighted by molar-refractivity contribution is -0.167. The van der Waals surface area contributed by atoms with Gasteiger partial charge in [0.1, 0.15) is 13.2 Å². The highest BCUT2D eigenvalue weighted by atomic mass is 16.6. The van der Waals surface area contributed by atoms with Gasteiger partial charge in [0.05, 0.1) is 0 Å². The van der Waals surface area contributed by atoms with Gasteiger partial charge in [-0.2, -0.15) is 0 Å². The van der Waals surface area contributed by atoms with Crippen molar-refractivity contribution < 1.29 is 28.6 Å². The van der Waals surface area contributed by atoms with E-state index in [1.54, 1.807) is 0 Å². The molecule has 0 spiro atoms. The van der Waals surface area contributed by atoms with Gasteiger partial charge in [0.25, 0.3) is 0 Å². The van der Waals surface area contributed by atoms with Crippen molar-refractivity contribution in [3.63, 3.8) is 0 Å². The van der Waals surface area contributed by atoms with Crippen molar-refractivity contribution in [2.75, 3.05) is 13.2 Å². The lowest BCUT2D eigenvalue weighted by Gasteiger charge is -2.18. The molecule has 0 fully saturated rings. The molecule has 0 aliphatic heterocycles. The van der Waals surface area contributed by atoms with Crippen molar-refractivity contribution >= 4 is 17.9 Å². The Morgan fingerprint density at radius 3 is 0.782 bits per heavy atom. The Hall–Kier alpha value is -2.63. The van der Waals surface area contributed by atoms with Crippen molar-refractivity contribution in [2.45, 2.75) is 380 Å². The molecule has 0 aromatic carbocycles.